The molecular weight excluding hydrogens is 559 g/mol. The summed E-state index contributed by atoms with van der Waals surface area (Å²) in [6.45, 7) is 0. The van der Waals surface area contributed by atoms with Gasteiger partial charge >= 0.3 is 0 Å². The third-order valence-corrected chi connectivity index (χ3v) is 11.3. The summed E-state index contributed by atoms with van der Waals surface area (Å²) in [6.07, 6.45) is 0. The third kappa shape index (κ3) is 3.38. The Hall–Kier alpha value is -4.96. The van der Waals surface area contributed by atoms with Crippen molar-refractivity contribution in [3.8, 4) is 16.8 Å². The van der Waals surface area contributed by atoms with Gasteiger partial charge in [-0.2, -0.15) is 0 Å². The summed E-state index contributed by atoms with van der Waals surface area (Å²) in [6, 6.07) is 51.6. The molecule has 0 atom stereocenters. The quantitative estimate of drug-likeness (QED) is 0.191. The molecule has 0 aliphatic carbocycles. The number of fused-ring (bicyclic) bond motifs is 10. The molecule has 0 aliphatic heterocycles. The van der Waals surface area contributed by atoms with Crippen LogP contribution in [-0.4, -0.2) is 4.57 Å². The van der Waals surface area contributed by atoms with Gasteiger partial charge in [0.05, 0.1) is 11.0 Å². The van der Waals surface area contributed by atoms with Gasteiger partial charge in [0.2, 0.25) is 0 Å². The van der Waals surface area contributed by atoms with Gasteiger partial charge < -0.3 is 4.57 Å². The Bertz CT molecular complexity index is 2740. The van der Waals surface area contributed by atoms with Crippen LogP contribution in [-0.2, 0) is 0 Å². The second-order valence-electron chi connectivity index (χ2n) is 11.3. The minimum atomic E-state index is 1.19. The summed E-state index contributed by atoms with van der Waals surface area (Å²) < 4.78 is 7.86. The highest BCUT2D eigenvalue weighted by atomic mass is 32.1. The largest absolute Gasteiger partial charge is 0.309 e. The van der Waals surface area contributed by atoms with E-state index in [0.717, 1.165) is 0 Å². The number of rotatable bonds is 2. The van der Waals surface area contributed by atoms with Crippen LogP contribution in [0.4, 0.5) is 0 Å². The first-order chi connectivity index (χ1) is 21.3. The van der Waals surface area contributed by atoms with Crippen LogP contribution in [0.2, 0.25) is 0 Å². The van der Waals surface area contributed by atoms with E-state index < -0.39 is 0 Å². The molecule has 0 spiro atoms. The summed E-state index contributed by atoms with van der Waals surface area (Å²) in [7, 11) is 0. The fraction of sp³-hybridized carbons (Fsp3) is 0. The number of hydrogen-bond acceptors (Lipinski definition) is 2. The highest BCUT2D eigenvalue weighted by Gasteiger charge is 2.17. The van der Waals surface area contributed by atoms with Crippen LogP contribution in [0.1, 0.15) is 0 Å². The molecule has 10 aromatic rings. The molecule has 200 valence electrons. The lowest BCUT2D eigenvalue weighted by molar-refractivity contribution is 1.19. The maximum absolute atomic E-state index is 2.44. The Kier molecular flexibility index (Phi) is 4.81. The van der Waals surface area contributed by atoms with Crippen molar-refractivity contribution in [1.82, 2.24) is 4.57 Å². The van der Waals surface area contributed by atoms with Crippen LogP contribution in [0, 0.1) is 0 Å². The van der Waals surface area contributed by atoms with E-state index in [0.29, 0.717) is 0 Å². The SMILES string of the molecule is c1ccc2cc(-n3c4ccccc4c4ccc(-c5cccc6c5sc5cc7sc8ccccc8c7cc56)cc43)ccc2c1. The number of benzene rings is 7. The van der Waals surface area contributed by atoms with Gasteiger partial charge in [0.15, 0.2) is 0 Å². The number of nitrogens with zero attached hydrogens (tertiary/aromatic N) is 1. The van der Waals surface area contributed by atoms with Gasteiger partial charge in [-0.05, 0) is 64.4 Å². The summed E-state index contributed by atoms with van der Waals surface area (Å²) >= 11 is 3.81. The standard InChI is InChI=1S/C40H23NS2/c1-2-9-25-20-27(18-16-24(25)8-1)41-35-14-5-3-10-29(35)30-19-17-26(21-36(30)41)28-12-7-13-32-34-22-33-31-11-4-6-15-37(31)42-38(33)23-39(34)43-40(28)32/h1-23H. The lowest BCUT2D eigenvalue weighted by Gasteiger charge is -2.11. The molecule has 7 aromatic carbocycles. The van der Waals surface area contributed by atoms with E-state index in [1.54, 1.807) is 0 Å². The van der Waals surface area contributed by atoms with Crippen molar-refractivity contribution in [2.45, 2.75) is 0 Å². The van der Waals surface area contributed by atoms with Gasteiger partial charge in [0.25, 0.3) is 0 Å². The van der Waals surface area contributed by atoms with Crippen molar-refractivity contribution >= 4 is 95.6 Å². The van der Waals surface area contributed by atoms with E-state index in [2.05, 4.69) is 144 Å². The smallest absolute Gasteiger partial charge is 0.0547 e. The first-order valence-corrected chi connectivity index (χ1v) is 16.2. The van der Waals surface area contributed by atoms with Crippen LogP contribution >= 0.6 is 22.7 Å². The van der Waals surface area contributed by atoms with E-state index in [1.165, 1.54) is 89.7 Å². The molecule has 0 saturated heterocycles. The normalized spacial score (nSPS) is 12.2. The first kappa shape index (κ1) is 23.6. The van der Waals surface area contributed by atoms with Gasteiger partial charge in [-0.3, -0.25) is 0 Å². The minimum Gasteiger partial charge on any atom is -0.309 e. The molecule has 3 heterocycles. The van der Waals surface area contributed by atoms with Crippen LogP contribution < -0.4 is 0 Å². The van der Waals surface area contributed by atoms with Crippen LogP contribution in [0.5, 0.6) is 0 Å². The Morgan fingerprint density at radius 3 is 2.09 bits per heavy atom. The lowest BCUT2D eigenvalue weighted by atomic mass is 10.0. The van der Waals surface area contributed by atoms with Gasteiger partial charge in [0, 0.05) is 56.8 Å². The first-order valence-electron chi connectivity index (χ1n) is 14.6. The number of para-hydroxylation sites is 1. The molecule has 0 saturated carbocycles. The molecule has 1 nitrogen and oxygen atoms in total. The highest BCUT2D eigenvalue weighted by Crippen LogP contribution is 2.45. The fourth-order valence-corrected chi connectivity index (χ4v) is 9.44. The van der Waals surface area contributed by atoms with Crippen molar-refractivity contribution in [3.63, 3.8) is 0 Å². The van der Waals surface area contributed by atoms with Crippen LogP contribution in [0.25, 0.3) is 89.7 Å². The monoisotopic (exact) mass is 581 g/mol. The van der Waals surface area contributed by atoms with E-state index in [-0.39, 0.29) is 0 Å². The van der Waals surface area contributed by atoms with Crippen molar-refractivity contribution in [2.24, 2.45) is 0 Å². The number of hydrogen-bond donors (Lipinski definition) is 0. The average molecular weight is 582 g/mol. The van der Waals surface area contributed by atoms with Crippen LogP contribution in [0.3, 0.4) is 0 Å². The maximum atomic E-state index is 2.44. The van der Waals surface area contributed by atoms with Crippen molar-refractivity contribution in [1.29, 1.82) is 0 Å². The zero-order valence-corrected chi connectivity index (χ0v) is 24.7. The third-order valence-electron chi connectivity index (χ3n) is 8.97. The van der Waals surface area contributed by atoms with Crippen molar-refractivity contribution in [2.75, 3.05) is 0 Å². The fourth-order valence-electron chi connectivity index (χ4n) is 6.98. The Labute approximate surface area is 255 Å². The van der Waals surface area contributed by atoms with E-state index in [9.17, 15) is 0 Å². The molecule has 0 bridgehead atoms. The summed E-state index contributed by atoms with van der Waals surface area (Å²) in [5, 5.41) is 10.5. The molecule has 3 heteroatoms. The molecule has 0 N–H and O–H groups in total. The van der Waals surface area contributed by atoms with Crippen molar-refractivity contribution < 1.29 is 0 Å². The number of aromatic nitrogens is 1. The molecule has 0 amide bonds. The highest BCUT2D eigenvalue weighted by molar-refractivity contribution is 7.28. The summed E-state index contributed by atoms with van der Waals surface area (Å²) in [5.41, 5.74) is 6.21. The Morgan fingerprint density at radius 2 is 1.14 bits per heavy atom. The molecule has 0 radical (unpaired) electrons. The molecule has 0 fully saturated rings. The van der Waals surface area contributed by atoms with E-state index in [1.807, 2.05) is 22.7 Å². The summed E-state index contributed by atoms with van der Waals surface area (Å²) in [4.78, 5) is 0. The predicted octanol–water partition coefficient (Wildman–Crippen LogP) is 12.3. The molecule has 10 rings (SSSR count). The van der Waals surface area contributed by atoms with Gasteiger partial charge in [-0.1, -0.05) is 97.1 Å². The molecule has 0 aliphatic rings. The second-order valence-corrected chi connectivity index (χ2v) is 13.5. The number of thiophene rings is 2. The topological polar surface area (TPSA) is 4.93 Å². The molecule has 43 heavy (non-hydrogen) atoms. The van der Waals surface area contributed by atoms with Gasteiger partial charge in [-0.25, -0.2) is 0 Å². The van der Waals surface area contributed by atoms with Crippen molar-refractivity contribution in [3.05, 3.63) is 140 Å². The van der Waals surface area contributed by atoms with E-state index >= 15 is 0 Å². The Morgan fingerprint density at radius 1 is 0.395 bits per heavy atom. The van der Waals surface area contributed by atoms with Crippen LogP contribution in [0.15, 0.2) is 140 Å². The molecule has 3 aromatic heterocycles. The molecule has 0 unspecified atom stereocenters. The zero-order valence-electron chi connectivity index (χ0n) is 23.0. The zero-order chi connectivity index (χ0) is 28.1. The Balaban J connectivity index is 1.23. The van der Waals surface area contributed by atoms with E-state index in [4.69, 9.17) is 0 Å². The summed E-state index contributed by atoms with van der Waals surface area (Å²) in [5.74, 6) is 0. The lowest BCUT2D eigenvalue weighted by Crippen LogP contribution is -1.94. The van der Waals surface area contributed by atoms with Gasteiger partial charge in [0.1, 0.15) is 0 Å². The predicted molar refractivity (Wildman–Crippen MR) is 190 cm³/mol. The maximum Gasteiger partial charge on any atom is 0.0547 e. The second kappa shape index (κ2) is 8.78. The minimum absolute atomic E-state index is 1.19. The van der Waals surface area contributed by atoms with Gasteiger partial charge in [-0.15, -0.1) is 22.7 Å². The average Bonchev–Trinajstić information content (AvgIpc) is 3.72. The molecular formula is C40H23NS2.